The van der Waals surface area contributed by atoms with Crippen LogP contribution in [-0.4, -0.2) is 18.7 Å². The Morgan fingerprint density at radius 2 is 1.14 bits per heavy atom. The number of hydrogen-bond acceptors (Lipinski definition) is 2. The molecule has 0 saturated heterocycles. The zero-order chi connectivity index (χ0) is 32.9. The summed E-state index contributed by atoms with van der Waals surface area (Å²) in [7, 11) is 0. The van der Waals surface area contributed by atoms with E-state index in [1.54, 1.807) is 11.8 Å². The monoisotopic (exact) mass is 649 g/mol. The molecule has 234 valence electrons. The van der Waals surface area contributed by atoms with Gasteiger partial charge in [-0.1, -0.05) is 90.6 Å². The van der Waals surface area contributed by atoms with Crippen LogP contribution in [0.2, 0.25) is 0 Å². The van der Waals surface area contributed by atoms with Crippen LogP contribution in [0.3, 0.4) is 0 Å². The molecule has 3 heterocycles. The fourth-order valence-corrected chi connectivity index (χ4v) is 8.08. The number of aryl methyl sites for hydroxylation is 2. The molecule has 0 aliphatic carbocycles. The summed E-state index contributed by atoms with van der Waals surface area (Å²) in [5.74, 6) is 0.918. The van der Waals surface area contributed by atoms with Gasteiger partial charge in [0, 0.05) is 45.0 Å². The minimum absolute atomic E-state index is 0.918. The van der Waals surface area contributed by atoms with Crippen molar-refractivity contribution in [2.24, 2.45) is 0 Å². The number of fused-ring (bicyclic) bond motifs is 4. The molecule has 9 aromatic rings. The van der Waals surface area contributed by atoms with Gasteiger partial charge in [-0.2, -0.15) is 9.13 Å². The van der Waals surface area contributed by atoms with Crippen LogP contribution < -0.4 is 0 Å². The van der Waals surface area contributed by atoms with E-state index in [9.17, 15) is 0 Å². The Bertz CT molecular complexity index is 2650. The second-order valence-corrected chi connectivity index (χ2v) is 13.6. The minimum Gasteiger partial charge on any atom is -0.294 e. The number of benzene rings is 6. The van der Waals surface area contributed by atoms with Crippen LogP contribution in [0.15, 0.2) is 174 Å². The number of imidazole rings is 1. The predicted molar refractivity (Wildman–Crippen MR) is 205 cm³/mol. The van der Waals surface area contributed by atoms with Gasteiger partial charge in [-0.15, -0.1) is 0 Å². The SMILES string of the molecule is Cc1cccc(C)c1-c1ccnc(-n2c3ccccc3c3ccc(Sc4cccc(-n5[cH+]n(-c6ccccc6)c6ccccc65)c4)cc32)c1. The molecule has 0 radical (unpaired) electrons. The summed E-state index contributed by atoms with van der Waals surface area (Å²) in [4.78, 5) is 7.28. The summed E-state index contributed by atoms with van der Waals surface area (Å²) in [5.41, 5.74) is 11.9. The highest BCUT2D eigenvalue weighted by molar-refractivity contribution is 7.99. The molecule has 0 saturated carbocycles. The first-order valence-corrected chi connectivity index (χ1v) is 17.4. The van der Waals surface area contributed by atoms with Crippen molar-refractivity contribution in [1.29, 1.82) is 0 Å². The van der Waals surface area contributed by atoms with Gasteiger partial charge in [-0.3, -0.25) is 4.57 Å². The van der Waals surface area contributed by atoms with Gasteiger partial charge in [0.25, 0.3) is 0 Å². The largest absolute Gasteiger partial charge is 0.294 e. The Morgan fingerprint density at radius 1 is 0.510 bits per heavy atom. The maximum Gasteiger partial charge on any atom is 0.168 e. The average Bonchev–Trinajstić information content (AvgIpc) is 3.68. The molecule has 0 unspecified atom stereocenters. The molecule has 0 fully saturated rings. The van der Waals surface area contributed by atoms with Crippen molar-refractivity contribution in [3.8, 4) is 28.3 Å². The topological polar surface area (TPSA) is 27.7 Å². The number of hydrogen-bond donors (Lipinski definition) is 0. The van der Waals surface area contributed by atoms with Crippen molar-refractivity contribution in [2.45, 2.75) is 23.6 Å². The van der Waals surface area contributed by atoms with Gasteiger partial charge < -0.3 is 0 Å². The Kier molecular flexibility index (Phi) is 7.14. The summed E-state index contributed by atoms with van der Waals surface area (Å²) in [6, 6.07) is 54.2. The smallest absolute Gasteiger partial charge is 0.168 e. The molecule has 0 spiro atoms. The van der Waals surface area contributed by atoms with Crippen LogP contribution in [0, 0.1) is 13.8 Å². The number of para-hydroxylation sites is 4. The molecule has 5 heteroatoms. The minimum atomic E-state index is 0.918. The Labute approximate surface area is 289 Å². The number of aromatic nitrogens is 4. The lowest BCUT2D eigenvalue weighted by atomic mass is 9.96. The van der Waals surface area contributed by atoms with Crippen LogP contribution in [0.5, 0.6) is 0 Å². The molecule has 9 rings (SSSR count). The lowest BCUT2D eigenvalue weighted by Gasteiger charge is -2.13. The number of rotatable bonds is 6. The van der Waals surface area contributed by atoms with E-state index in [0.29, 0.717) is 0 Å². The normalized spacial score (nSPS) is 11.6. The van der Waals surface area contributed by atoms with E-state index in [1.807, 2.05) is 6.20 Å². The highest BCUT2D eigenvalue weighted by atomic mass is 32.2. The zero-order valence-electron chi connectivity index (χ0n) is 27.3. The van der Waals surface area contributed by atoms with Crippen molar-refractivity contribution >= 4 is 44.6 Å². The van der Waals surface area contributed by atoms with E-state index in [1.165, 1.54) is 48.3 Å². The van der Waals surface area contributed by atoms with E-state index in [4.69, 9.17) is 4.98 Å². The highest BCUT2D eigenvalue weighted by Gasteiger charge is 2.19. The third kappa shape index (κ3) is 5.11. The van der Waals surface area contributed by atoms with Gasteiger partial charge in [-0.25, -0.2) is 4.98 Å². The molecule has 0 aliphatic rings. The van der Waals surface area contributed by atoms with Crippen LogP contribution in [-0.2, 0) is 0 Å². The number of pyridine rings is 1. The van der Waals surface area contributed by atoms with Crippen molar-refractivity contribution in [1.82, 2.24) is 18.7 Å². The molecule has 0 atom stereocenters. The van der Waals surface area contributed by atoms with E-state index in [2.05, 4.69) is 186 Å². The predicted octanol–water partition coefficient (Wildman–Crippen LogP) is 11.6. The van der Waals surface area contributed by atoms with Crippen molar-refractivity contribution in [2.75, 3.05) is 0 Å². The molecule has 49 heavy (non-hydrogen) atoms. The van der Waals surface area contributed by atoms with Crippen LogP contribution in [0.1, 0.15) is 11.1 Å². The molecule has 0 aliphatic heterocycles. The Morgan fingerprint density at radius 3 is 1.94 bits per heavy atom. The summed E-state index contributed by atoms with van der Waals surface area (Å²) in [5, 5.41) is 2.44. The second kappa shape index (κ2) is 12.0. The van der Waals surface area contributed by atoms with E-state index >= 15 is 0 Å². The standard InChI is InChI=1S/C44H33N4S/c1-30-12-10-13-31(2)44(30)32-24-25-45-43(26-32)48-39-19-7-6-18-37(39)38-23-22-36(28-42(38)48)49-35-17-11-16-34(27-35)47-29-46(33-14-4-3-5-15-33)40-20-8-9-21-41(40)47/h3-29H,1-2H3/q+1. The summed E-state index contributed by atoms with van der Waals surface area (Å²) in [6.07, 6.45) is 4.13. The van der Waals surface area contributed by atoms with E-state index in [-0.39, 0.29) is 0 Å². The van der Waals surface area contributed by atoms with Crippen LogP contribution >= 0.6 is 11.8 Å². The quantitative estimate of drug-likeness (QED) is 0.168. The molecule has 4 nitrogen and oxygen atoms in total. The lowest BCUT2D eigenvalue weighted by molar-refractivity contribution is 1.01. The third-order valence-electron chi connectivity index (χ3n) is 9.39. The van der Waals surface area contributed by atoms with E-state index in [0.717, 1.165) is 33.7 Å². The van der Waals surface area contributed by atoms with Crippen LogP contribution in [0.25, 0.3) is 61.2 Å². The fraction of sp³-hybridized carbons (Fsp3) is 0.0455. The van der Waals surface area contributed by atoms with Gasteiger partial charge in [0.15, 0.2) is 17.4 Å². The Balaban J connectivity index is 1.13. The van der Waals surface area contributed by atoms with Gasteiger partial charge >= 0.3 is 0 Å². The van der Waals surface area contributed by atoms with Crippen LogP contribution in [0.4, 0.5) is 0 Å². The van der Waals surface area contributed by atoms with Crippen molar-refractivity contribution < 1.29 is 0 Å². The number of nitrogens with zero attached hydrogens (tertiary/aromatic N) is 4. The maximum absolute atomic E-state index is 4.93. The summed E-state index contributed by atoms with van der Waals surface area (Å²) in [6.45, 7) is 4.36. The first-order valence-electron chi connectivity index (χ1n) is 16.5. The van der Waals surface area contributed by atoms with Gasteiger partial charge in [0.05, 0.1) is 11.0 Å². The Hall–Kier alpha value is -5.91. The van der Waals surface area contributed by atoms with Gasteiger partial charge in [-0.05, 0) is 90.7 Å². The fourth-order valence-electron chi connectivity index (χ4n) is 7.17. The average molecular weight is 650 g/mol. The lowest BCUT2D eigenvalue weighted by Crippen LogP contribution is -1.98. The van der Waals surface area contributed by atoms with E-state index < -0.39 is 0 Å². The molecule has 0 N–H and O–H groups in total. The molecular weight excluding hydrogens is 617 g/mol. The van der Waals surface area contributed by atoms with Crippen molar-refractivity contribution in [3.05, 3.63) is 175 Å². The highest BCUT2D eigenvalue weighted by Crippen LogP contribution is 2.38. The molecular formula is C44H33N4S+. The first kappa shape index (κ1) is 29.2. The van der Waals surface area contributed by atoms with Gasteiger partial charge in [0.1, 0.15) is 17.2 Å². The molecule has 0 amide bonds. The first-order chi connectivity index (χ1) is 24.1. The van der Waals surface area contributed by atoms with Crippen molar-refractivity contribution in [3.63, 3.8) is 0 Å². The zero-order valence-corrected chi connectivity index (χ0v) is 28.1. The molecule has 3 aromatic heterocycles. The second-order valence-electron chi connectivity index (χ2n) is 12.5. The summed E-state index contributed by atoms with van der Waals surface area (Å²) >= 11 is 1.78. The third-order valence-corrected chi connectivity index (χ3v) is 10.4. The summed E-state index contributed by atoms with van der Waals surface area (Å²) < 4.78 is 6.85. The molecule has 0 bridgehead atoms. The maximum atomic E-state index is 4.93. The van der Waals surface area contributed by atoms with Gasteiger partial charge in [0.2, 0.25) is 0 Å². The molecule has 6 aromatic carbocycles.